The maximum absolute atomic E-state index is 14.3. The van der Waals surface area contributed by atoms with Gasteiger partial charge in [-0.1, -0.05) is 131 Å². The molecule has 1 saturated carbocycles. The number of phenols is 1. The number of carbonyl (C=O) groups excluding carboxylic acids is 2. The SMILES string of the molecule is CC/C(=C\c1ccc(O)cc1)CC[C@H]1OC[C@H]2C1=C(CO[Si](c1ccccc1)(c1ccccc1)C(C)(C)C)C[C@H]1C(=O)N(C3CCCCC3)C(=O)[C@H]12. The average Bonchev–Trinajstić information content (AvgIpc) is 3.69. The van der Waals surface area contributed by atoms with E-state index in [0.717, 1.165) is 56.1 Å². The highest BCUT2D eigenvalue weighted by molar-refractivity contribution is 6.99. The lowest BCUT2D eigenvalue weighted by atomic mass is 9.69. The second-order valence-electron chi connectivity index (χ2n) is 16.4. The first-order valence-electron chi connectivity index (χ1n) is 19.6. The number of phenolic OH excluding ortho intramolecular Hbond substituents is 1. The summed E-state index contributed by atoms with van der Waals surface area (Å²) >= 11 is 0. The average molecular weight is 718 g/mol. The van der Waals surface area contributed by atoms with E-state index in [4.69, 9.17) is 9.16 Å². The van der Waals surface area contributed by atoms with Crippen LogP contribution in [0, 0.1) is 17.8 Å². The van der Waals surface area contributed by atoms with Crippen LogP contribution in [0.2, 0.25) is 5.04 Å². The summed E-state index contributed by atoms with van der Waals surface area (Å²) in [7, 11) is -2.86. The summed E-state index contributed by atoms with van der Waals surface area (Å²) < 4.78 is 14.2. The molecular weight excluding hydrogens is 663 g/mol. The zero-order valence-corrected chi connectivity index (χ0v) is 32.4. The van der Waals surface area contributed by atoms with E-state index in [1.54, 1.807) is 17.0 Å². The van der Waals surface area contributed by atoms with Gasteiger partial charge >= 0.3 is 0 Å². The van der Waals surface area contributed by atoms with Crippen LogP contribution < -0.4 is 10.4 Å². The minimum Gasteiger partial charge on any atom is -0.508 e. The van der Waals surface area contributed by atoms with Crippen LogP contribution in [0.15, 0.2) is 102 Å². The monoisotopic (exact) mass is 717 g/mol. The van der Waals surface area contributed by atoms with Crippen LogP contribution in [0.4, 0.5) is 0 Å². The minimum absolute atomic E-state index is 0.0230. The van der Waals surface area contributed by atoms with E-state index in [1.807, 2.05) is 12.1 Å². The molecule has 3 aromatic carbocycles. The molecule has 1 N–H and O–H groups in total. The molecule has 7 rings (SSSR count). The summed E-state index contributed by atoms with van der Waals surface area (Å²) in [5.41, 5.74) is 4.75. The molecule has 2 aliphatic carbocycles. The molecule has 6 nitrogen and oxygen atoms in total. The first-order valence-corrected chi connectivity index (χ1v) is 21.5. The van der Waals surface area contributed by atoms with E-state index in [9.17, 15) is 14.7 Å². The maximum Gasteiger partial charge on any atom is 0.261 e. The third-order valence-corrected chi connectivity index (χ3v) is 17.3. The molecule has 2 aliphatic heterocycles. The van der Waals surface area contributed by atoms with Crippen molar-refractivity contribution < 1.29 is 23.9 Å². The van der Waals surface area contributed by atoms with E-state index in [-0.39, 0.29) is 52.5 Å². The normalized spacial score (nSPS) is 24.4. The Morgan fingerprint density at radius 2 is 1.52 bits per heavy atom. The highest BCUT2D eigenvalue weighted by Gasteiger charge is 2.59. The molecule has 3 aromatic rings. The Hall–Kier alpha value is -3.78. The second-order valence-corrected chi connectivity index (χ2v) is 20.7. The van der Waals surface area contributed by atoms with Crippen LogP contribution in [-0.4, -0.2) is 55.5 Å². The molecule has 2 heterocycles. The van der Waals surface area contributed by atoms with Gasteiger partial charge in [0, 0.05) is 12.0 Å². The van der Waals surface area contributed by atoms with Gasteiger partial charge in [-0.2, -0.15) is 0 Å². The Bertz CT molecular complexity index is 1750. The first-order chi connectivity index (χ1) is 25.1. The van der Waals surface area contributed by atoms with Crippen molar-refractivity contribution >= 4 is 36.6 Å². The van der Waals surface area contributed by atoms with Crippen molar-refractivity contribution in [1.29, 1.82) is 0 Å². The van der Waals surface area contributed by atoms with Crippen molar-refractivity contribution in [2.24, 2.45) is 17.8 Å². The van der Waals surface area contributed by atoms with Gasteiger partial charge in [0.05, 0.1) is 31.2 Å². The van der Waals surface area contributed by atoms with Crippen molar-refractivity contribution in [3.8, 4) is 5.75 Å². The van der Waals surface area contributed by atoms with Crippen LogP contribution >= 0.6 is 0 Å². The van der Waals surface area contributed by atoms with E-state index in [2.05, 4.69) is 94.4 Å². The van der Waals surface area contributed by atoms with Crippen molar-refractivity contribution in [3.05, 3.63) is 107 Å². The van der Waals surface area contributed by atoms with Crippen LogP contribution in [0.5, 0.6) is 5.75 Å². The largest absolute Gasteiger partial charge is 0.508 e. The number of hydrogen-bond donors (Lipinski definition) is 1. The van der Waals surface area contributed by atoms with Gasteiger partial charge in [-0.25, -0.2) is 0 Å². The fraction of sp³-hybridized carbons (Fsp3) is 0.467. The van der Waals surface area contributed by atoms with Crippen LogP contribution in [-0.2, 0) is 18.8 Å². The van der Waals surface area contributed by atoms with Crippen molar-refractivity contribution in [3.63, 3.8) is 0 Å². The van der Waals surface area contributed by atoms with Crippen LogP contribution in [0.25, 0.3) is 6.08 Å². The van der Waals surface area contributed by atoms with Gasteiger partial charge in [-0.15, -0.1) is 0 Å². The summed E-state index contributed by atoms with van der Waals surface area (Å²) in [6.45, 7) is 9.95. The molecule has 0 aromatic heterocycles. The quantitative estimate of drug-likeness (QED) is 0.123. The molecule has 0 unspecified atom stereocenters. The topological polar surface area (TPSA) is 76.1 Å². The highest BCUT2D eigenvalue weighted by Crippen LogP contribution is 2.51. The predicted molar refractivity (Wildman–Crippen MR) is 210 cm³/mol. The molecule has 0 bridgehead atoms. The number of fused-ring (bicyclic) bond motifs is 3. The Morgan fingerprint density at radius 1 is 0.885 bits per heavy atom. The number of carbonyl (C=O) groups is 2. The number of aromatic hydroxyl groups is 1. The molecule has 2 saturated heterocycles. The van der Waals surface area contributed by atoms with E-state index >= 15 is 0 Å². The van der Waals surface area contributed by atoms with E-state index in [1.165, 1.54) is 27.9 Å². The molecule has 2 amide bonds. The summed E-state index contributed by atoms with van der Waals surface area (Å²) in [5, 5.41) is 12.1. The smallest absolute Gasteiger partial charge is 0.261 e. The standard InChI is InChI=1S/C45H55NO5Si/c1-5-31(27-32-21-24-35(47)25-22-32)23-26-40-41-33(28-38-42(39(41)30-50-40)44(49)46(43(38)48)34-15-9-6-10-16-34)29-51-52(45(2,3)4,36-17-11-7-12-18-36)37-19-13-8-14-20-37/h7-8,11-14,17-22,24-25,27,34,38-40,42,47H,5-6,9-10,15-16,23,26,28-30H2,1-4H3/b31-27+/t38-,39+,40-,42-/m1/s1. The zero-order valence-electron chi connectivity index (χ0n) is 31.4. The Balaban J connectivity index is 1.25. The lowest BCUT2D eigenvalue weighted by molar-refractivity contribution is -0.143. The number of amides is 2. The van der Waals surface area contributed by atoms with Crippen LogP contribution in [0.1, 0.15) is 91.0 Å². The number of allylic oxidation sites excluding steroid dienone is 1. The van der Waals surface area contributed by atoms with Crippen molar-refractivity contribution in [2.45, 2.75) is 103 Å². The molecular formula is C45H55NO5Si. The van der Waals surface area contributed by atoms with Crippen molar-refractivity contribution in [1.82, 2.24) is 4.90 Å². The molecule has 0 spiro atoms. The zero-order chi connectivity index (χ0) is 36.5. The van der Waals surface area contributed by atoms with Gasteiger partial charge in [0.2, 0.25) is 11.8 Å². The van der Waals surface area contributed by atoms with Crippen LogP contribution in [0.3, 0.4) is 0 Å². The third kappa shape index (κ3) is 6.88. The molecule has 3 fully saturated rings. The number of ether oxygens (including phenoxy) is 1. The number of likely N-dealkylation sites (tertiary alicyclic amines) is 1. The second kappa shape index (κ2) is 15.3. The number of benzene rings is 3. The Kier molecular flexibility index (Phi) is 10.8. The Labute approximate surface area is 311 Å². The predicted octanol–water partition coefficient (Wildman–Crippen LogP) is 8.19. The van der Waals surface area contributed by atoms with Gasteiger partial charge in [-0.05, 0) is 82.8 Å². The number of nitrogens with zero attached hydrogens (tertiary/aromatic N) is 1. The Morgan fingerprint density at radius 3 is 2.12 bits per heavy atom. The van der Waals surface area contributed by atoms with E-state index in [0.29, 0.717) is 19.6 Å². The molecule has 7 heteroatoms. The lowest BCUT2D eigenvalue weighted by Crippen LogP contribution is -2.66. The molecule has 52 heavy (non-hydrogen) atoms. The number of rotatable bonds is 11. The van der Waals surface area contributed by atoms with Gasteiger partial charge in [0.25, 0.3) is 8.32 Å². The van der Waals surface area contributed by atoms with Gasteiger partial charge in [0.15, 0.2) is 0 Å². The summed E-state index contributed by atoms with van der Waals surface area (Å²) in [5.74, 6) is -0.511. The fourth-order valence-corrected chi connectivity index (χ4v) is 14.3. The lowest BCUT2D eigenvalue weighted by Gasteiger charge is -2.44. The molecule has 0 radical (unpaired) electrons. The van der Waals surface area contributed by atoms with Gasteiger partial charge in [-0.3, -0.25) is 14.5 Å². The maximum atomic E-state index is 14.3. The van der Waals surface area contributed by atoms with Gasteiger partial charge in [0.1, 0.15) is 5.75 Å². The van der Waals surface area contributed by atoms with Crippen molar-refractivity contribution in [2.75, 3.05) is 13.2 Å². The summed E-state index contributed by atoms with van der Waals surface area (Å²) in [6.07, 6.45) is 10.4. The molecule has 274 valence electrons. The molecule has 4 aliphatic rings. The highest BCUT2D eigenvalue weighted by atomic mass is 28.4. The third-order valence-electron chi connectivity index (χ3n) is 12.3. The summed E-state index contributed by atoms with van der Waals surface area (Å²) in [6, 6.07) is 28.8. The van der Waals surface area contributed by atoms with E-state index < -0.39 is 8.32 Å². The fourth-order valence-electron chi connectivity index (χ4n) is 9.76. The van der Waals surface area contributed by atoms with Gasteiger partial charge < -0.3 is 14.3 Å². The number of imide groups is 1. The minimum atomic E-state index is -2.86. The molecule has 4 atom stereocenters. The number of hydrogen-bond acceptors (Lipinski definition) is 5. The summed E-state index contributed by atoms with van der Waals surface area (Å²) in [4.78, 5) is 30.3. The first kappa shape index (κ1) is 36.6.